The zero-order chi connectivity index (χ0) is 27.9. The highest BCUT2D eigenvalue weighted by molar-refractivity contribution is 6.04. The molecule has 2 saturated heterocycles. The number of hydrogen-bond donors (Lipinski definition) is 2. The van der Waals surface area contributed by atoms with Crippen LogP contribution in [-0.2, 0) is 20.8 Å². The van der Waals surface area contributed by atoms with E-state index in [1.807, 2.05) is 31.2 Å². The van der Waals surface area contributed by atoms with E-state index in [1.54, 1.807) is 42.6 Å². The van der Waals surface area contributed by atoms with Gasteiger partial charge in [-0.15, -0.1) is 0 Å². The number of rotatable bonds is 9. The van der Waals surface area contributed by atoms with E-state index in [2.05, 4.69) is 20.5 Å². The molecule has 2 aliphatic rings. The molecular weight excluding hydrogens is 510 g/mol. The van der Waals surface area contributed by atoms with Gasteiger partial charge in [0.05, 0.1) is 25.3 Å². The molecule has 10 nitrogen and oxygen atoms in total. The van der Waals surface area contributed by atoms with Crippen molar-refractivity contribution in [1.82, 2.24) is 20.1 Å². The van der Waals surface area contributed by atoms with Crippen LogP contribution in [0.5, 0.6) is 0 Å². The average Bonchev–Trinajstić information content (AvgIpc) is 3.30. The maximum absolute atomic E-state index is 13.6. The highest BCUT2D eigenvalue weighted by Crippen LogP contribution is 2.34. The number of pyridine rings is 1. The molecule has 2 N–H and O–H groups in total. The Kier molecular flexibility index (Phi) is 8.68. The molecule has 0 bridgehead atoms. The van der Waals surface area contributed by atoms with Crippen molar-refractivity contribution in [3.8, 4) is 0 Å². The molecule has 2 atom stereocenters. The Balaban J connectivity index is 1.32. The summed E-state index contributed by atoms with van der Waals surface area (Å²) in [5, 5.41) is 5.85. The van der Waals surface area contributed by atoms with Crippen LogP contribution >= 0.6 is 0 Å². The van der Waals surface area contributed by atoms with Crippen LogP contribution in [0.2, 0.25) is 0 Å². The highest BCUT2D eigenvalue weighted by Gasteiger charge is 2.47. The van der Waals surface area contributed by atoms with E-state index in [1.165, 1.54) is 11.1 Å². The Morgan fingerprint density at radius 1 is 1.05 bits per heavy atom. The quantitative estimate of drug-likeness (QED) is 0.426. The highest BCUT2D eigenvalue weighted by atomic mass is 16.6. The monoisotopic (exact) mass is 543 g/mol. The molecule has 1 aromatic heterocycles. The Hall–Kier alpha value is -4.28. The van der Waals surface area contributed by atoms with Gasteiger partial charge >= 0.3 is 6.09 Å². The number of aromatic nitrogens is 1. The van der Waals surface area contributed by atoms with Crippen LogP contribution in [-0.4, -0.2) is 78.1 Å². The number of benzene rings is 2. The lowest BCUT2D eigenvalue weighted by molar-refractivity contribution is -0.126. The molecule has 3 aromatic rings. The standard InChI is InChI=1S/C30H33N5O5/c1-21-4-2-5-22(18-21)20-35-26(29(37)32-12-13-34-14-16-39-17-15-34)27(40-30(35)38)23-7-9-25(10-8-23)33-28(36)24-6-3-11-31-19-24/h2-11,18-19,26-27H,12-17,20H2,1H3,(H,32,37)(H,33,36). The molecule has 3 amide bonds. The van der Waals surface area contributed by atoms with E-state index < -0.39 is 18.2 Å². The van der Waals surface area contributed by atoms with Crippen LogP contribution in [0.15, 0.2) is 73.1 Å². The molecule has 5 rings (SSSR count). The largest absolute Gasteiger partial charge is 0.438 e. The summed E-state index contributed by atoms with van der Waals surface area (Å²) in [6.07, 6.45) is 1.75. The zero-order valence-corrected chi connectivity index (χ0v) is 22.4. The Labute approximate surface area is 233 Å². The minimum atomic E-state index is -0.853. The van der Waals surface area contributed by atoms with Crippen LogP contribution in [0.3, 0.4) is 0 Å². The average molecular weight is 544 g/mol. The van der Waals surface area contributed by atoms with E-state index >= 15 is 0 Å². The number of nitrogens with zero attached hydrogens (tertiary/aromatic N) is 3. The Bertz CT molecular complexity index is 1330. The number of anilines is 1. The van der Waals surface area contributed by atoms with Gasteiger partial charge in [-0.1, -0.05) is 42.0 Å². The van der Waals surface area contributed by atoms with Gasteiger partial charge in [0.1, 0.15) is 0 Å². The van der Waals surface area contributed by atoms with Crippen molar-refractivity contribution in [3.63, 3.8) is 0 Å². The molecule has 3 heterocycles. The van der Waals surface area contributed by atoms with Crippen molar-refractivity contribution in [2.75, 3.05) is 44.7 Å². The van der Waals surface area contributed by atoms with Gasteiger partial charge in [-0.25, -0.2) is 4.79 Å². The third kappa shape index (κ3) is 6.64. The van der Waals surface area contributed by atoms with E-state index in [0.717, 1.165) is 24.2 Å². The van der Waals surface area contributed by atoms with Crippen molar-refractivity contribution < 1.29 is 23.9 Å². The number of amides is 3. The molecule has 0 spiro atoms. The molecule has 40 heavy (non-hydrogen) atoms. The first-order valence-corrected chi connectivity index (χ1v) is 13.4. The van der Waals surface area contributed by atoms with Gasteiger partial charge in [0.25, 0.3) is 5.91 Å². The van der Waals surface area contributed by atoms with Gasteiger partial charge in [-0.05, 0) is 42.3 Å². The van der Waals surface area contributed by atoms with E-state index in [4.69, 9.17) is 9.47 Å². The first-order valence-electron chi connectivity index (χ1n) is 13.4. The SMILES string of the molecule is Cc1cccc(CN2C(=O)OC(c3ccc(NC(=O)c4cccnc4)cc3)C2C(=O)NCCN2CCOCC2)c1. The number of morpholine rings is 1. The van der Waals surface area contributed by atoms with Gasteiger partial charge in [0.2, 0.25) is 5.91 Å². The van der Waals surface area contributed by atoms with Gasteiger partial charge in [0, 0.05) is 44.3 Å². The topological polar surface area (TPSA) is 113 Å². The molecule has 0 radical (unpaired) electrons. The van der Waals surface area contributed by atoms with Crippen molar-refractivity contribution in [1.29, 1.82) is 0 Å². The molecule has 208 valence electrons. The summed E-state index contributed by atoms with van der Waals surface area (Å²) in [4.78, 5) is 46.9. The maximum atomic E-state index is 13.6. The molecule has 10 heteroatoms. The fourth-order valence-corrected chi connectivity index (χ4v) is 4.94. The lowest BCUT2D eigenvalue weighted by Gasteiger charge is -2.28. The molecule has 0 aliphatic carbocycles. The Morgan fingerprint density at radius 2 is 1.85 bits per heavy atom. The molecule has 2 aliphatic heterocycles. The van der Waals surface area contributed by atoms with E-state index in [-0.39, 0.29) is 18.4 Å². The van der Waals surface area contributed by atoms with Crippen LogP contribution in [0, 0.1) is 6.92 Å². The second-order valence-corrected chi connectivity index (χ2v) is 9.93. The third-order valence-corrected chi connectivity index (χ3v) is 7.04. The minimum Gasteiger partial charge on any atom is -0.438 e. The predicted octanol–water partition coefficient (Wildman–Crippen LogP) is 3.15. The van der Waals surface area contributed by atoms with Gasteiger partial charge in [0.15, 0.2) is 12.1 Å². The van der Waals surface area contributed by atoms with Crippen molar-refractivity contribution >= 4 is 23.6 Å². The van der Waals surface area contributed by atoms with Crippen LogP contribution in [0.25, 0.3) is 0 Å². The van der Waals surface area contributed by atoms with Crippen molar-refractivity contribution in [3.05, 3.63) is 95.3 Å². The van der Waals surface area contributed by atoms with Gasteiger partial charge < -0.3 is 20.1 Å². The summed E-state index contributed by atoms with van der Waals surface area (Å²) in [5.41, 5.74) is 3.66. The number of hydrogen-bond acceptors (Lipinski definition) is 7. The normalized spacial score (nSPS) is 19.2. The summed E-state index contributed by atoms with van der Waals surface area (Å²) in [5.74, 6) is -0.555. The summed E-state index contributed by atoms with van der Waals surface area (Å²) in [6.45, 7) is 6.41. The predicted molar refractivity (Wildman–Crippen MR) is 149 cm³/mol. The van der Waals surface area contributed by atoms with Crippen LogP contribution in [0.4, 0.5) is 10.5 Å². The molecule has 2 aromatic carbocycles. The van der Waals surface area contributed by atoms with Crippen LogP contribution in [0.1, 0.15) is 33.2 Å². The number of carbonyl (C=O) groups excluding carboxylic acids is 3. The number of cyclic esters (lactones) is 1. The number of aryl methyl sites for hydroxylation is 1. The number of nitrogens with one attached hydrogen (secondary N) is 2. The van der Waals surface area contributed by atoms with Gasteiger partial charge in [-0.3, -0.25) is 24.4 Å². The van der Waals surface area contributed by atoms with E-state index in [0.29, 0.717) is 43.1 Å². The van der Waals surface area contributed by atoms with Gasteiger partial charge in [-0.2, -0.15) is 0 Å². The zero-order valence-electron chi connectivity index (χ0n) is 22.4. The molecular formula is C30H33N5O5. The van der Waals surface area contributed by atoms with E-state index in [9.17, 15) is 14.4 Å². The maximum Gasteiger partial charge on any atom is 0.411 e. The second-order valence-electron chi connectivity index (χ2n) is 9.93. The summed E-state index contributed by atoms with van der Waals surface area (Å²) in [7, 11) is 0. The number of ether oxygens (including phenoxy) is 2. The minimum absolute atomic E-state index is 0.248. The first kappa shape index (κ1) is 27.3. The molecule has 0 saturated carbocycles. The van der Waals surface area contributed by atoms with Crippen LogP contribution < -0.4 is 10.6 Å². The Morgan fingerprint density at radius 3 is 2.58 bits per heavy atom. The molecule has 2 unspecified atom stereocenters. The fourth-order valence-electron chi connectivity index (χ4n) is 4.94. The second kappa shape index (κ2) is 12.7. The summed E-state index contributed by atoms with van der Waals surface area (Å²) in [6, 6.07) is 17.4. The lowest BCUT2D eigenvalue weighted by atomic mass is 10.00. The lowest BCUT2D eigenvalue weighted by Crippen LogP contribution is -2.48. The van der Waals surface area contributed by atoms with Crippen molar-refractivity contribution in [2.24, 2.45) is 0 Å². The molecule has 2 fully saturated rings. The first-order chi connectivity index (χ1) is 19.5. The smallest absolute Gasteiger partial charge is 0.411 e. The number of carbonyl (C=O) groups is 3. The third-order valence-electron chi connectivity index (χ3n) is 7.04. The summed E-state index contributed by atoms with van der Waals surface area (Å²) < 4.78 is 11.2. The van der Waals surface area contributed by atoms with Crippen molar-refractivity contribution in [2.45, 2.75) is 25.6 Å². The fraction of sp³-hybridized carbons (Fsp3) is 0.333. The summed E-state index contributed by atoms with van der Waals surface area (Å²) >= 11 is 0.